The number of nitrogens with zero attached hydrogens (tertiary/aromatic N) is 4. The lowest BCUT2D eigenvalue weighted by Crippen LogP contribution is -2.36. The number of nitrogens with one attached hydrogen (secondary N) is 1. The molecule has 7 heteroatoms. The average molecular weight is 355 g/mol. The molecule has 2 aliphatic rings. The largest absolute Gasteiger partial charge is 0.354 e. The van der Waals surface area contributed by atoms with Crippen LogP contribution >= 0.6 is 0 Å². The normalized spacial score (nSPS) is 18.0. The Kier molecular flexibility index (Phi) is 4.86. The first kappa shape index (κ1) is 17.0. The van der Waals surface area contributed by atoms with Gasteiger partial charge in [-0.1, -0.05) is 19.3 Å². The summed E-state index contributed by atoms with van der Waals surface area (Å²) in [5, 5.41) is 7.51. The number of aromatic nitrogens is 4. The van der Waals surface area contributed by atoms with E-state index >= 15 is 0 Å². The topological polar surface area (TPSA) is 81.8 Å². The van der Waals surface area contributed by atoms with E-state index < -0.39 is 0 Å². The summed E-state index contributed by atoms with van der Waals surface area (Å²) in [4.78, 5) is 29.1. The standard InChI is InChI=1S/C19H25N5O2/c25-18(14-5-2-1-3-6-14)21-11-12-23-19(26)24(16-8-9-16)17(22-23)15-7-4-10-20-13-15/h4,7,10,13-14,16H,1-3,5-6,8-9,11-12H2,(H,21,25). The second kappa shape index (κ2) is 7.43. The van der Waals surface area contributed by atoms with Crippen molar-refractivity contribution in [3.05, 3.63) is 35.0 Å². The van der Waals surface area contributed by atoms with Gasteiger partial charge in [-0.25, -0.2) is 9.48 Å². The van der Waals surface area contributed by atoms with Crippen molar-refractivity contribution in [2.45, 2.75) is 57.5 Å². The van der Waals surface area contributed by atoms with Gasteiger partial charge in [-0.2, -0.15) is 0 Å². The van der Waals surface area contributed by atoms with Gasteiger partial charge in [0, 0.05) is 36.5 Å². The molecule has 0 spiro atoms. The van der Waals surface area contributed by atoms with Gasteiger partial charge in [0.25, 0.3) is 0 Å². The molecule has 2 heterocycles. The van der Waals surface area contributed by atoms with Crippen LogP contribution in [-0.4, -0.2) is 31.8 Å². The fourth-order valence-corrected chi connectivity index (χ4v) is 3.71. The molecule has 4 rings (SSSR count). The van der Waals surface area contributed by atoms with Gasteiger partial charge in [0.1, 0.15) is 0 Å². The number of pyridine rings is 1. The summed E-state index contributed by atoms with van der Waals surface area (Å²) in [6.45, 7) is 0.827. The van der Waals surface area contributed by atoms with Crippen molar-refractivity contribution in [3.63, 3.8) is 0 Å². The van der Waals surface area contributed by atoms with Crippen molar-refractivity contribution in [2.24, 2.45) is 5.92 Å². The Hall–Kier alpha value is -2.44. The summed E-state index contributed by atoms with van der Waals surface area (Å²) in [6, 6.07) is 4.01. The fourth-order valence-electron chi connectivity index (χ4n) is 3.71. The minimum absolute atomic E-state index is 0.0988. The molecule has 2 saturated carbocycles. The third-order valence-electron chi connectivity index (χ3n) is 5.30. The molecule has 1 N–H and O–H groups in total. The number of carbonyl (C=O) groups excluding carboxylic acids is 1. The minimum atomic E-state index is -0.0988. The van der Waals surface area contributed by atoms with Crippen molar-refractivity contribution >= 4 is 5.91 Å². The fraction of sp³-hybridized carbons (Fsp3) is 0.579. The zero-order valence-corrected chi connectivity index (χ0v) is 14.9. The Balaban J connectivity index is 1.45. The van der Waals surface area contributed by atoms with Gasteiger partial charge in [-0.3, -0.25) is 14.3 Å². The molecule has 26 heavy (non-hydrogen) atoms. The molecular formula is C19H25N5O2. The van der Waals surface area contributed by atoms with Crippen LogP contribution in [0.1, 0.15) is 51.0 Å². The molecule has 1 amide bonds. The summed E-state index contributed by atoms with van der Waals surface area (Å²) in [6.07, 6.45) is 10.9. The van der Waals surface area contributed by atoms with Crippen molar-refractivity contribution in [3.8, 4) is 11.4 Å². The maximum Gasteiger partial charge on any atom is 0.346 e. The summed E-state index contributed by atoms with van der Waals surface area (Å²) < 4.78 is 3.25. The smallest absolute Gasteiger partial charge is 0.346 e. The molecule has 0 radical (unpaired) electrons. The van der Waals surface area contributed by atoms with Crippen molar-refractivity contribution in [2.75, 3.05) is 6.54 Å². The maximum absolute atomic E-state index is 12.8. The van der Waals surface area contributed by atoms with E-state index in [1.807, 2.05) is 12.1 Å². The lowest BCUT2D eigenvalue weighted by atomic mass is 9.89. The van der Waals surface area contributed by atoms with Gasteiger partial charge in [0.05, 0.1) is 6.54 Å². The predicted octanol–water partition coefficient (Wildman–Crippen LogP) is 2.14. The van der Waals surface area contributed by atoms with Gasteiger partial charge in [-0.05, 0) is 37.8 Å². The van der Waals surface area contributed by atoms with Crippen LogP contribution in [0, 0.1) is 5.92 Å². The Morgan fingerprint density at radius 3 is 2.69 bits per heavy atom. The third kappa shape index (κ3) is 3.57. The number of rotatable bonds is 6. The van der Waals surface area contributed by atoms with Gasteiger partial charge in [0.15, 0.2) is 5.82 Å². The van der Waals surface area contributed by atoms with Crippen LogP contribution in [-0.2, 0) is 11.3 Å². The predicted molar refractivity (Wildman–Crippen MR) is 97.6 cm³/mol. The molecule has 2 aromatic heterocycles. The molecule has 138 valence electrons. The molecule has 2 fully saturated rings. The first-order valence-corrected chi connectivity index (χ1v) is 9.61. The molecule has 0 saturated heterocycles. The zero-order chi connectivity index (χ0) is 17.9. The number of hydrogen-bond acceptors (Lipinski definition) is 4. The highest BCUT2D eigenvalue weighted by Crippen LogP contribution is 2.36. The second-order valence-corrected chi connectivity index (χ2v) is 7.30. The Bertz CT molecular complexity index is 816. The van der Waals surface area contributed by atoms with Crippen molar-refractivity contribution < 1.29 is 4.79 Å². The van der Waals surface area contributed by atoms with E-state index in [-0.39, 0.29) is 23.6 Å². The van der Waals surface area contributed by atoms with E-state index in [4.69, 9.17) is 0 Å². The molecule has 0 aromatic carbocycles. The van der Waals surface area contributed by atoms with E-state index in [9.17, 15) is 9.59 Å². The monoisotopic (exact) mass is 355 g/mol. The van der Waals surface area contributed by atoms with Crippen LogP contribution in [0.5, 0.6) is 0 Å². The Morgan fingerprint density at radius 2 is 2.00 bits per heavy atom. The molecule has 0 aliphatic heterocycles. The molecule has 0 unspecified atom stereocenters. The van der Waals surface area contributed by atoms with E-state index in [2.05, 4.69) is 15.4 Å². The molecule has 7 nitrogen and oxygen atoms in total. The highest BCUT2D eigenvalue weighted by Gasteiger charge is 2.30. The highest BCUT2D eigenvalue weighted by atomic mass is 16.2. The summed E-state index contributed by atoms with van der Waals surface area (Å²) >= 11 is 0. The van der Waals surface area contributed by atoms with Crippen LogP contribution in [0.4, 0.5) is 0 Å². The lowest BCUT2D eigenvalue weighted by Gasteiger charge is -2.20. The van der Waals surface area contributed by atoms with E-state index in [1.54, 1.807) is 17.0 Å². The van der Waals surface area contributed by atoms with E-state index in [1.165, 1.54) is 11.1 Å². The van der Waals surface area contributed by atoms with Crippen LogP contribution < -0.4 is 11.0 Å². The molecule has 2 aromatic rings. The van der Waals surface area contributed by atoms with Gasteiger partial charge >= 0.3 is 5.69 Å². The molecule has 2 aliphatic carbocycles. The summed E-state index contributed by atoms with van der Waals surface area (Å²) in [5.74, 6) is 0.923. The Labute approximate surface area is 152 Å². The van der Waals surface area contributed by atoms with Crippen LogP contribution in [0.15, 0.2) is 29.3 Å². The van der Waals surface area contributed by atoms with Crippen molar-refractivity contribution in [1.29, 1.82) is 0 Å². The molecular weight excluding hydrogens is 330 g/mol. The number of hydrogen-bond donors (Lipinski definition) is 1. The SMILES string of the molecule is O=C(NCCn1nc(-c2cccnc2)n(C2CC2)c1=O)C1CCCCC1. The Morgan fingerprint density at radius 1 is 1.19 bits per heavy atom. The quantitative estimate of drug-likeness (QED) is 0.861. The number of carbonyl (C=O) groups is 1. The first-order chi connectivity index (χ1) is 12.7. The summed E-state index contributed by atoms with van der Waals surface area (Å²) in [5.41, 5.74) is 0.750. The summed E-state index contributed by atoms with van der Waals surface area (Å²) in [7, 11) is 0. The van der Waals surface area contributed by atoms with Gasteiger partial charge in [0.2, 0.25) is 5.91 Å². The van der Waals surface area contributed by atoms with Crippen LogP contribution in [0.3, 0.4) is 0 Å². The molecule has 0 bridgehead atoms. The molecule has 0 atom stereocenters. The number of amides is 1. The lowest BCUT2D eigenvalue weighted by molar-refractivity contribution is -0.125. The first-order valence-electron chi connectivity index (χ1n) is 9.61. The maximum atomic E-state index is 12.8. The van der Waals surface area contributed by atoms with Crippen LogP contribution in [0.25, 0.3) is 11.4 Å². The van der Waals surface area contributed by atoms with E-state index in [0.717, 1.165) is 44.1 Å². The second-order valence-electron chi connectivity index (χ2n) is 7.30. The van der Waals surface area contributed by atoms with E-state index in [0.29, 0.717) is 18.9 Å². The van der Waals surface area contributed by atoms with Crippen molar-refractivity contribution in [1.82, 2.24) is 24.6 Å². The minimum Gasteiger partial charge on any atom is -0.354 e. The van der Waals surface area contributed by atoms with Gasteiger partial charge in [-0.15, -0.1) is 5.10 Å². The van der Waals surface area contributed by atoms with Gasteiger partial charge < -0.3 is 5.32 Å². The van der Waals surface area contributed by atoms with Crippen LogP contribution in [0.2, 0.25) is 0 Å². The highest BCUT2D eigenvalue weighted by molar-refractivity contribution is 5.78. The zero-order valence-electron chi connectivity index (χ0n) is 14.9. The third-order valence-corrected chi connectivity index (χ3v) is 5.30. The average Bonchev–Trinajstić information content (AvgIpc) is 3.47.